The molecule has 3 heteroatoms. The summed E-state index contributed by atoms with van der Waals surface area (Å²) in [6, 6.07) is 6.24. The molecule has 0 unspecified atom stereocenters. The Kier molecular flexibility index (Phi) is 1.63. The molecule has 0 aliphatic carbocycles. The Labute approximate surface area is 87.5 Å². The van der Waals surface area contributed by atoms with Gasteiger partial charge in [-0.2, -0.15) is 0 Å². The third kappa shape index (κ3) is 1.16. The average molecular weight is 200 g/mol. The van der Waals surface area contributed by atoms with Crippen LogP contribution in [0.4, 0.5) is 0 Å². The van der Waals surface area contributed by atoms with Gasteiger partial charge in [-0.15, -0.1) is 0 Å². The van der Waals surface area contributed by atoms with Crippen LogP contribution < -0.4 is 5.32 Å². The quantitative estimate of drug-likeness (QED) is 0.668. The van der Waals surface area contributed by atoms with Crippen LogP contribution in [0.5, 0.6) is 0 Å². The van der Waals surface area contributed by atoms with Crippen molar-refractivity contribution in [3.8, 4) is 0 Å². The first-order valence-corrected chi connectivity index (χ1v) is 5.15. The molecule has 15 heavy (non-hydrogen) atoms. The molecule has 3 rings (SSSR count). The number of hydrogen-bond acceptors (Lipinski definition) is 1. The van der Waals surface area contributed by atoms with Crippen molar-refractivity contribution in [3.63, 3.8) is 0 Å². The van der Waals surface area contributed by atoms with Crippen LogP contribution in [0, 0.1) is 6.92 Å². The summed E-state index contributed by atoms with van der Waals surface area (Å²) in [6.07, 6.45) is 0.921. The van der Waals surface area contributed by atoms with Gasteiger partial charge in [-0.3, -0.25) is 4.79 Å². The van der Waals surface area contributed by atoms with Gasteiger partial charge in [-0.1, -0.05) is 11.6 Å². The standard InChI is InChI=1S/C12H12N2O/c1-7-2-3-10-9(6-7)8-4-5-13-12(15)11(8)14-10/h2-3,6,14H,4-5H2,1H3,(H,13,15). The molecule has 2 N–H and O–H groups in total. The van der Waals surface area contributed by atoms with Gasteiger partial charge in [-0.05, 0) is 31.0 Å². The molecule has 0 fully saturated rings. The molecule has 1 aliphatic rings. The van der Waals surface area contributed by atoms with Gasteiger partial charge in [0.1, 0.15) is 5.69 Å². The van der Waals surface area contributed by atoms with Gasteiger partial charge < -0.3 is 10.3 Å². The van der Waals surface area contributed by atoms with Crippen molar-refractivity contribution in [1.82, 2.24) is 10.3 Å². The van der Waals surface area contributed by atoms with Crippen LogP contribution in [-0.4, -0.2) is 17.4 Å². The van der Waals surface area contributed by atoms with Crippen molar-refractivity contribution in [2.75, 3.05) is 6.54 Å². The summed E-state index contributed by atoms with van der Waals surface area (Å²) in [5.74, 6) is 0.0186. The van der Waals surface area contributed by atoms with Crippen LogP contribution in [0.1, 0.15) is 21.6 Å². The summed E-state index contributed by atoms with van der Waals surface area (Å²) >= 11 is 0. The largest absolute Gasteiger partial charge is 0.350 e. The topological polar surface area (TPSA) is 44.9 Å². The fourth-order valence-corrected chi connectivity index (χ4v) is 2.20. The predicted octanol–water partition coefficient (Wildman–Crippen LogP) is 1.76. The average Bonchev–Trinajstić information content (AvgIpc) is 2.58. The van der Waals surface area contributed by atoms with Crippen LogP contribution >= 0.6 is 0 Å². The normalized spacial score (nSPS) is 15.1. The number of fused-ring (bicyclic) bond motifs is 3. The summed E-state index contributed by atoms with van der Waals surface area (Å²) in [7, 11) is 0. The van der Waals surface area contributed by atoms with Gasteiger partial charge >= 0.3 is 0 Å². The molecule has 3 nitrogen and oxygen atoms in total. The maximum absolute atomic E-state index is 11.6. The lowest BCUT2D eigenvalue weighted by Crippen LogP contribution is -2.31. The van der Waals surface area contributed by atoms with Gasteiger partial charge in [0.15, 0.2) is 0 Å². The summed E-state index contributed by atoms with van der Waals surface area (Å²) in [5.41, 5.74) is 4.19. The van der Waals surface area contributed by atoms with Crippen molar-refractivity contribution >= 4 is 16.8 Å². The first-order valence-electron chi connectivity index (χ1n) is 5.15. The second-order valence-electron chi connectivity index (χ2n) is 4.03. The highest BCUT2D eigenvalue weighted by Crippen LogP contribution is 2.25. The van der Waals surface area contributed by atoms with Gasteiger partial charge in [-0.25, -0.2) is 0 Å². The number of H-pyrrole nitrogens is 1. The van der Waals surface area contributed by atoms with E-state index in [2.05, 4.69) is 29.4 Å². The number of hydrogen-bond donors (Lipinski definition) is 2. The van der Waals surface area contributed by atoms with E-state index in [1.54, 1.807) is 0 Å². The highest BCUT2D eigenvalue weighted by molar-refractivity contribution is 6.02. The number of carbonyl (C=O) groups excluding carboxylic acids is 1. The number of aromatic nitrogens is 1. The summed E-state index contributed by atoms with van der Waals surface area (Å²) in [4.78, 5) is 14.8. The third-order valence-electron chi connectivity index (χ3n) is 2.95. The molecule has 76 valence electrons. The Hall–Kier alpha value is -1.77. The monoisotopic (exact) mass is 200 g/mol. The maximum atomic E-state index is 11.6. The minimum atomic E-state index is 0.0186. The van der Waals surface area contributed by atoms with Crippen molar-refractivity contribution in [3.05, 3.63) is 35.0 Å². The molecule has 0 spiro atoms. The SMILES string of the molecule is Cc1ccc2[nH]c3c(c2c1)CCNC3=O. The van der Waals surface area contributed by atoms with E-state index in [0.717, 1.165) is 29.7 Å². The van der Waals surface area contributed by atoms with Gasteiger partial charge in [0.05, 0.1) is 0 Å². The van der Waals surface area contributed by atoms with E-state index in [0.29, 0.717) is 0 Å². The lowest BCUT2D eigenvalue weighted by Gasteiger charge is -2.11. The molecule has 1 amide bonds. The lowest BCUT2D eigenvalue weighted by atomic mass is 10.0. The number of carbonyl (C=O) groups is 1. The second kappa shape index (κ2) is 2.86. The highest BCUT2D eigenvalue weighted by Gasteiger charge is 2.21. The fraction of sp³-hybridized carbons (Fsp3) is 0.250. The number of benzene rings is 1. The van der Waals surface area contributed by atoms with Gasteiger partial charge in [0, 0.05) is 17.4 Å². The minimum Gasteiger partial charge on any atom is -0.350 e. The number of aryl methyl sites for hydroxylation is 1. The zero-order valence-electron chi connectivity index (χ0n) is 8.55. The Balaban J connectivity index is 2.36. The molecule has 0 radical (unpaired) electrons. The fourth-order valence-electron chi connectivity index (χ4n) is 2.20. The van der Waals surface area contributed by atoms with Crippen LogP contribution in [0.2, 0.25) is 0 Å². The molecule has 2 aromatic rings. The molecule has 2 heterocycles. The molecule has 0 bridgehead atoms. The zero-order valence-corrected chi connectivity index (χ0v) is 8.55. The number of rotatable bonds is 0. The first kappa shape index (κ1) is 8.53. The Morgan fingerprint density at radius 2 is 2.20 bits per heavy atom. The molecule has 0 atom stereocenters. The van der Waals surface area contributed by atoms with E-state index in [4.69, 9.17) is 0 Å². The smallest absolute Gasteiger partial charge is 0.268 e. The second-order valence-corrected chi connectivity index (χ2v) is 4.03. The maximum Gasteiger partial charge on any atom is 0.268 e. The minimum absolute atomic E-state index is 0.0186. The van der Waals surface area contributed by atoms with Crippen LogP contribution in [0.3, 0.4) is 0 Å². The van der Waals surface area contributed by atoms with E-state index < -0.39 is 0 Å². The zero-order chi connectivity index (χ0) is 10.4. The third-order valence-corrected chi connectivity index (χ3v) is 2.95. The number of amides is 1. The molecule has 1 aromatic carbocycles. The number of nitrogens with one attached hydrogen (secondary N) is 2. The van der Waals surface area contributed by atoms with E-state index in [1.165, 1.54) is 10.9 Å². The first-order chi connectivity index (χ1) is 7.25. The van der Waals surface area contributed by atoms with Crippen LogP contribution in [0.25, 0.3) is 10.9 Å². The van der Waals surface area contributed by atoms with Crippen LogP contribution in [-0.2, 0) is 6.42 Å². The van der Waals surface area contributed by atoms with E-state index in [9.17, 15) is 4.79 Å². The van der Waals surface area contributed by atoms with E-state index in [-0.39, 0.29) is 5.91 Å². The van der Waals surface area contributed by atoms with E-state index >= 15 is 0 Å². The molecule has 0 saturated heterocycles. The van der Waals surface area contributed by atoms with Gasteiger partial charge in [0.2, 0.25) is 0 Å². The van der Waals surface area contributed by atoms with Crippen molar-refractivity contribution in [2.45, 2.75) is 13.3 Å². The summed E-state index contributed by atoms with van der Waals surface area (Å²) < 4.78 is 0. The summed E-state index contributed by atoms with van der Waals surface area (Å²) in [6.45, 7) is 2.81. The Morgan fingerprint density at radius 3 is 3.07 bits per heavy atom. The molecule has 1 aromatic heterocycles. The summed E-state index contributed by atoms with van der Waals surface area (Å²) in [5, 5.41) is 4.04. The Bertz CT molecular complexity index is 554. The van der Waals surface area contributed by atoms with Gasteiger partial charge in [0.25, 0.3) is 5.91 Å². The van der Waals surface area contributed by atoms with Crippen molar-refractivity contribution in [1.29, 1.82) is 0 Å². The lowest BCUT2D eigenvalue weighted by molar-refractivity contribution is 0.0942. The number of aromatic amines is 1. The Morgan fingerprint density at radius 1 is 1.33 bits per heavy atom. The molecular weight excluding hydrogens is 188 g/mol. The van der Waals surface area contributed by atoms with Crippen molar-refractivity contribution in [2.24, 2.45) is 0 Å². The molecule has 1 aliphatic heterocycles. The van der Waals surface area contributed by atoms with Crippen molar-refractivity contribution < 1.29 is 4.79 Å². The van der Waals surface area contributed by atoms with Crippen LogP contribution in [0.15, 0.2) is 18.2 Å². The predicted molar refractivity (Wildman–Crippen MR) is 59.1 cm³/mol. The highest BCUT2D eigenvalue weighted by atomic mass is 16.1. The van der Waals surface area contributed by atoms with E-state index in [1.807, 2.05) is 6.07 Å². The molecular formula is C12H12N2O. The molecule has 0 saturated carbocycles.